The van der Waals surface area contributed by atoms with Crippen molar-refractivity contribution < 1.29 is 13.2 Å². The lowest BCUT2D eigenvalue weighted by Gasteiger charge is -2.16. The molecule has 4 aromatic rings. The average Bonchev–Trinajstić information content (AvgIpc) is 3.47. The molecule has 1 aliphatic rings. The zero-order valence-electron chi connectivity index (χ0n) is 18.3. The molecule has 1 atom stereocenters. The normalized spacial score (nSPS) is 17.6. The van der Waals surface area contributed by atoms with Crippen LogP contribution in [-0.4, -0.2) is 55.8 Å². The molecule has 0 spiro atoms. The van der Waals surface area contributed by atoms with Gasteiger partial charge in [0.2, 0.25) is 0 Å². The van der Waals surface area contributed by atoms with E-state index in [-0.39, 0.29) is 29.1 Å². The first kappa shape index (κ1) is 21.8. The van der Waals surface area contributed by atoms with Gasteiger partial charge < -0.3 is 4.57 Å². The number of para-hydroxylation sites is 1. The molecule has 10 heteroatoms. The monoisotopic (exact) mass is 481 g/mol. The molecule has 1 aromatic carbocycles. The lowest BCUT2D eigenvalue weighted by molar-refractivity contribution is 0.102. The van der Waals surface area contributed by atoms with Crippen LogP contribution >= 0.6 is 11.8 Å². The van der Waals surface area contributed by atoms with E-state index in [0.29, 0.717) is 22.7 Å². The Morgan fingerprint density at radius 2 is 1.97 bits per heavy atom. The standard InChI is InChI=1S/C23H23N5O3S2/c1-15-10-19(16(2)27(15)18-8-9-33(30,31)13-18)21(29)12-32-23-20-11-26-28(22(20)24-14-25-23)17-6-4-3-5-7-17/h3-7,10-11,14,18H,8-9,12-13H2,1-2H3/t18-/m1/s1. The predicted molar refractivity (Wildman–Crippen MR) is 128 cm³/mol. The van der Waals surface area contributed by atoms with E-state index in [0.717, 1.165) is 22.5 Å². The lowest BCUT2D eigenvalue weighted by atomic mass is 10.2. The molecule has 0 unspecified atom stereocenters. The van der Waals surface area contributed by atoms with Crippen LogP contribution in [0.15, 0.2) is 53.9 Å². The fourth-order valence-corrected chi connectivity index (χ4v) is 7.05. The highest BCUT2D eigenvalue weighted by atomic mass is 32.2. The minimum Gasteiger partial charge on any atom is -0.344 e. The Morgan fingerprint density at radius 1 is 1.18 bits per heavy atom. The number of aryl methyl sites for hydroxylation is 1. The van der Waals surface area contributed by atoms with Gasteiger partial charge in [0.15, 0.2) is 21.3 Å². The summed E-state index contributed by atoms with van der Waals surface area (Å²) < 4.78 is 27.6. The first-order valence-corrected chi connectivity index (χ1v) is 13.4. The Kier molecular flexibility index (Phi) is 5.57. The molecule has 170 valence electrons. The van der Waals surface area contributed by atoms with E-state index < -0.39 is 9.84 Å². The number of aromatic nitrogens is 5. The Morgan fingerprint density at radius 3 is 2.70 bits per heavy atom. The van der Waals surface area contributed by atoms with Gasteiger partial charge in [0.1, 0.15) is 11.4 Å². The maximum absolute atomic E-state index is 13.1. The number of fused-ring (bicyclic) bond motifs is 1. The van der Waals surface area contributed by atoms with E-state index in [9.17, 15) is 13.2 Å². The number of Topliss-reactive ketones (excluding diaryl/α,β-unsaturated/α-hetero) is 1. The number of benzene rings is 1. The maximum atomic E-state index is 13.1. The number of ketones is 1. The molecule has 0 aliphatic carbocycles. The van der Waals surface area contributed by atoms with Crippen molar-refractivity contribution in [3.63, 3.8) is 0 Å². The third kappa shape index (κ3) is 4.08. The zero-order chi connectivity index (χ0) is 23.2. The number of nitrogens with zero attached hydrogens (tertiary/aromatic N) is 5. The van der Waals surface area contributed by atoms with Crippen LogP contribution in [0.25, 0.3) is 16.7 Å². The molecule has 0 radical (unpaired) electrons. The molecule has 1 aliphatic heterocycles. The fourth-order valence-electron chi connectivity index (χ4n) is 4.51. The summed E-state index contributed by atoms with van der Waals surface area (Å²) >= 11 is 1.36. The third-order valence-electron chi connectivity index (χ3n) is 6.03. The first-order valence-electron chi connectivity index (χ1n) is 10.6. The highest BCUT2D eigenvalue weighted by Crippen LogP contribution is 2.31. The van der Waals surface area contributed by atoms with Gasteiger partial charge in [-0.25, -0.2) is 23.1 Å². The zero-order valence-corrected chi connectivity index (χ0v) is 19.9. The summed E-state index contributed by atoms with van der Waals surface area (Å²) in [5.74, 6) is 0.544. The van der Waals surface area contributed by atoms with Crippen LogP contribution < -0.4 is 0 Å². The predicted octanol–water partition coefficient (Wildman–Crippen LogP) is 3.57. The molecule has 4 heterocycles. The highest BCUT2D eigenvalue weighted by molar-refractivity contribution is 8.00. The highest BCUT2D eigenvalue weighted by Gasteiger charge is 2.31. The van der Waals surface area contributed by atoms with E-state index >= 15 is 0 Å². The first-order chi connectivity index (χ1) is 15.8. The number of hydrogen-bond acceptors (Lipinski definition) is 7. The Labute approximate surface area is 196 Å². The molecule has 1 saturated heterocycles. The van der Waals surface area contributed by atoms with Gasteiger partial charge in [-0.1, -0.05) is 30.0 Å². The van der Waals surface area contributed by atoms with Crippen LogP contribution in [0.3, 0.4) is 0 Å². The number of carbonyl (C=O) groups is 1. The van der Waals surface area contributed by atoms with Gasteiger partial charge in [-0.3, -0.25) is 4.79 Å². The molecule has 33 heavy (non-hydrogen) atoms. The molecule has 0 amide bonds. The molecule has 1 fully saturated rings. The number of carbonyl (C=O) groups excluding carboxylic acids is 1. The van der Waals surface area contributed by atoms with Gasteiger partial charge in [0.25, 0.3) is 0 Å². The van der Waals surface area contributed by atoms with E-state index in [2.05, 4.69) is 15.1 Å². The summed E-state index contributed by atoms with van der Waals surface area (Å²) in [6.45, 7) is 3.82. The second-order valence-corrected chi connectivity index (χ2v) is 11.4. The van der Waals surface area contributed by atoms with E-state index in [1.807, 2.05) is 54.8 Å². The van der Waals surface area contributed by atoms with Crippen molar-refractivity contribution >= 4 is 38.4 Å². The van der Waals surface area contributed by atoms with Crippen LogP contribution in [0.1, 0.15) is 34.2 Å². The largest absolute Gasteiger partial charge is 0.344 e. The van der Waals surface area contributed by atoms with Crippen LogP contribution in [0.5, 0.6) is 0 Å². The van der Waals surface area contributed by atoms with Crippen molar-refractivity contribution in [1.82, 2.24) is 24.3 Å². The van der Waals surface area contributed by atoms with Crippen LogP contribution in [0, 0.1) is 13.8 Å². The van der Waals surface area contributed by atoms with Gasteiger partial charge in [-0.05, 0) is 38.5 Å². The van der Waals surface area contributed by atoms with Crippen LogP contribution in [0.4, 0.5) is 0 Å². The van der Waals surface area contributed by atoms with Gasteiger partial charge in [-0.15, -0.1) is 0 Å². The van der Waals surface area contributed by atoms with Crippen LogP contribution in [-0.2, 0) is 9.84 Å². The van der Waals surface area contributed by atoms with Crippen molar-refractivity contribution in [2.24, 2.45) is 0 Å². The van der Waals surface area contributed by atoms with Crippen LogP contribution in [0.2, 0.25) is 0 Å². The summed E-state index contributed by atoms with van der Waals surface area (Å²) in [4.78, 5) is 21.9. The molecule has 0 bridgehead atoms. The number of thioether (sulfide) groups is 1. The Balaban J connectivity index is 1.37. The molecule has 0 saturated carbocycles. The average molecular weight is 482 g/mol. The van der Waals surface area contributed by atoms with E-state index in [1.165, 1.54) is 18.1 Å². The number of sulfone groups is 1. The van der Waals surface area contributed by atoms with Gasteiger partial charge in [0, 0.05) is 23.0 Å². The summed E-state index contributed by atoms with van der Waals surface area (Å²) in [7, 11) is -3.01. The van der Waals surface area contributed by atoms with E-state index in [4.69, 9.17) is 0 Å². The fraction of sp³-hybridized carbons (Fsp3) is 0.304. The van der Waals surface area contributed by atoms with Crippen molar-refractivity contribution in [3.8, 4) is 5.69 Å². The SMILES string of the molecule is Cc1cc(C(=O)CSc2ncnc3c2cnn3-c2ccccc2)c(C)n1[C@@H]1CCS(=O)(=O)C1. The van der Waals surface area contributed by atoms with Crippen molar-refractivity contribution in [3.05, 3.63) is 65.9 Å². The van der Waals surface area contributed by atoms with E-state index in [1.54, 1.807) is 10.9 Å². The summed E-state index contributed by atoms with van der Waals surface area (Å²) in [6.07, 6.45) is 3.80. The minimum atomic E-state index is -3.01. The summed E-state index contributed by atoms with van der Waals surface area (Å²) in [6, 6.07) is 11.5. The topological polar surface area (TPSA) is 99.7 Å². The summed E-state index contributed by atoms with van der Waals surface area (Å²) in [5, 5.41) is 5.95. The Hall–Kier alpha value is -2.98. The minimum absolute atomic E-state index is 0.0117. The van der Waals surface area contributed by atoms with Gasteiger partial charge in [0.05, 0.1) is 34.5 Å². The molecule has 8 nitrogen and oxygen atoms in total. The van der Waals surface area contributed by atoms with Crippen molar-refractivity contribution in [2.45, 2.75) is 31.3 Å². The molecule has 0 N–H and O–H groups in total. The third-order valence-corrected chi connectivity index (χ3v) is 8.78. The van der Waals surface area contributed by atoms with Gasteiger partial charge >= 0.3 is 0 Å². The summed E-state index contributed by atoms with van der Waals surface area (Å²) in [5.41, 5.74) is 3.96. The van der Waals surface area contributed by atoms with Gasteiger partial charge in [-0.2, -0.15) is 5.10 Å². The Bertz CT molecular complexity index is 1460. The second-order valence-electron chi connectivity index (χ2n) is 8.23. The number of hydrogen-bond donors (Lipinski definition) is 0. The molecule has 3 aromatic heterocycles. The maximum Gasteiger partial charge on any atom is 0.174 e. The van der Waals surface area contributed by atoms with Crippen molar-refractivity contribution in [2.75, 3.05) is 17.3 Å². The van der Waals surface area contributed by atoms with Crippen molar-refractivity contribution in [1.29, 1.82) is 0 Å². The lowest BCUT2D eigenvalue weighted by Crippen LogP contribution is -2.14. The smallest absolute Gasteiger partial charge is 0.174 e. The number of rotatable bonds is 6. The molecule has 5 rings (SSSR count). The quantitative estimate of drug-likeness (QED) is 0.236. The molecular weight excluding hydrogens is 458 g/mol. The molecular formula is C23H23N5O3S2. The second kappa shape index (κ2) is 8.42.